The van der Waals surface area contributed by atoms with Crippen molar-refractivity contribution >= 4 is 45.6 Å². The molecule has 0 aromatic carbocycles. The molecule has 38 heavy (non-hydrogen) atoms. The number of carbonyl (C=O) groups excluding carboxylic acids is 1. The maximum absolute atomic E-state index is 11.0. The number of nitrogens with one attached hydrogen (secondary N) is 1. The Morgan fingerprint density at radius 1 is 0.711 bits per heavy atom. The van der Waals surface area contributed by atoms with E-state index in [0.29, 0.717) is 6.42 Å². The summed E-state index contributed by atoms with van der Waals surface area (Å²) in [6.45, 7) is 6.62. The van der Waals surface area contributed by atoms with Crippen LogP contribution in [0.2, 0.25) is 0 Å². The van der Waals surface area contributed by atoms with Gasteiger partial charge in [0.1, 0.15) is 24.3 Å². The van der Waals surface area contributed by atoms with Gasteiger partial charge in [-0.25, -0.2) is 0 Å². The van der Waals surface area contributed by atoms with Crippen LogP contribution in [0, 0.1) is 0 Å². The fourth-order valence-corrected chi connectivity index (χ4v) is 4.97. The Morgan fingerprint density at radius 2 is 1.03 bits per heavy atom. The number of hydrogen-bond donors (Lipinski definition) is 4. The van der Waals surface area contributed by atoms with Gasteiger partial charge in [-0.05, 0) is 26.7 Å². The minimum atomic E-state index is -4.12. The molecular weight excluding hydrogens is 517 g/mol. The third-order valence-electron chi connectivity index (χ3n) is 6.09. The summed E-state index contributed by atoms with van der Waals surface area (Å²) in [5.41, 5.74) is 0. The van der Waals surface area contributed by atoms with E-state index >= 15 is 0 Å². The molecule has 0 aliphatic heterocycles. The van der Waals surface area contributed by atoms with Gasteiger partial charge in [0.25, 0.3) is 10.1 Å². The average molecular weight is 578 g/mol. The Balaban J connectivity index is -0.00000134. The van der Waals surface area contributed by atoms with Crippen LogP contribution in [-0.2, 0) is 19.6 Å². The van der Waals surface area contributed by atoms with Crippen molar-refractivity contribution in [3.63, 3.8) is 0 Å². The molecule has 0 rings (SSSR count). The van der Waals surface area contributed by atoms with E-state index in [-0.39, 0.29) is 29.6 Å². The zero-order valence-corrected chi connectivity index (χ0v) is 25.1. The van der Waals surface area contributed by atoms with Gasteiger partial charge in [-0.2, -0.15) is 8.42 Å². The van der Waals surface area contributed by atoms with Crippen LogP contribution in [0.15, 0.2) is 0 Å². The topological polar surface area (TPSA) is 133 Å². The molecule has 10 heteroatoms. The summed E-state index contributed by atoms with van der Waals surface area (Å²) in [6, 6.07) is 0. The van der Waals surface area contributed by atoms with Crippen LogP contribution in [0.25, 0.3) is 0 Å². The molecule has 4 N–H and O–H groups in total. The molecule has 0 bridgehead atoms. The van der Waals surface area contributed by atoms with Crippen molar-refractivity contribution in [3.05, 3.63) is 0 Å². The molecule has 0 aliphatic rings. The van der Waals surface area contributed by atoms with Crippen molar-refractivity contribution < 1.29 is 32.7 Å². The Kier molecular flexibility index (Phi) is 34.0. The molecule has 0 saturated heterocycles. The van der Waals surface area contributed by atoms with Gasteiger partial charge >= 0.3 is 35.5 Å². The molecular formula is C28H60NNaO7S. The van der Waals surface area contributed by atoms with E-state index in [0.717, 1.165) is 19.3 Å². The number of aliphatic hydroxyl groups is 2. The van der Waals surface area contributed by atoms with Crippen molar-refractivity contribution in [1.82, 2.24) is 5.32 Å². The number of ether oxygens (including phenoxy) is 1. The number of carbonyl (C=O) groups is 1. The Morgan fingerprint density at radius 3 is 1.26 bits per heavy atom. The first-order valence-corrected chi connectivity index (χ1v) is 16.3. The number of esters is 1. The molecule has 0 aromatic rings. The zero-order valence-electron chi connectivity index (χ0n) is 24.3. The molecule has 0 fully saturated rings. The van der Waals surface area contributed by atoms with Crippen LogP contribution in [-0.4, -0.2) is 83.0 Å². The van der Waals surface area contributed by atoms with E-state index in [1.165, 1.54) is 103 Å². The van der Waals surface area contributed by atoms with Crippen molar-refractivity contribution in [3.8, 4) is 0 Å². The van der Waals surface area contributed by atoms with Gasteiger partial charge in [0.15, 0.2) is 0 Å². The molecule has 0 aromatic heterocycles. The first kappa shape index (κ1) is 42.7. The van der Waals surface area contributed by atoms with Gasteiger partial charge in [-0.15, -0.1) is 0 Å². The monoisotopic (exact) mass is 577 g/mol. The number of unbranched alkanes of at least 4 members (excludes halogenated alkanes) is 17. The van der Waals surface area contributed by atoms with E-state index in [9.17, 15) is 13.2 Å². The van der Waals surface area contributed by atoms with Crippen molar-refractivity contribution in [2.75, 3.05) is 5.75 Å². The second-order valence-electron chi connectivity index (χ2n) is 10.3. The van der Waals surface area contributed by atoms with E-state index in [1.807, 2.05) is 0 Å². The van der Waals surface area contributed by atoms with Crippen LogP contribution in [0.4, 0.5) is 0 Å². The Hall–Kier alpha value is 0.260. The molecule has 0 heterocycles. The van der Waals surface area contributed by atoms with E-state index in [4.69, 9.17) is 19.5 Å². The van der Waals surface area contributed by atoms with Crippen LogP contribution < -0.4 is 5.32 Å². The summed E-state index contributed by atoms with van der Waals surface area (Å²) in [5, 5.41) is 19.3. The first-order chi connectivity index (χ1) is 17.5. The molecule has 226 valence electrons. The van der Waals surface area contributed by atoms with Crippen molar-refractivity contribution in [2.45, 2.75) is 168 Å². The molecule has 0 spiro atoms. The van der Waals surface area contributed by atoms with Crippen LogP contribution in [0.5, 0.6) is 0 Å². The van der Waals surface area contributed by atoms with Crippen molar-refractivity contribution in [2.24, 2.45) is 0 Å². The molecule has 3 unspecified atom stereocenters. The number of aliphatic hydroxyl groups excluding tert-OH is 2. The molecule has 0 aliphatic carbocycles. The quantitative estimate of drug-likeness (QED) is 0.0370. The summed E-state index contributed by atoms with van der Waals surface area (Å²) >= 11 is 0. The standard InChI is InChI=1S/C24H48O5S.C4H11NO2.Na.H/c1-3-4-5-6-7-8-9-10-11-12-13-14-15-16-17-18-19-20-21-24(29-23(2)25)22-30(26,27)28;1-3(6)5-4(2)7;;/h24H,3-22H2,1-2H3,(H,26,27,28);3-7H,1-2H3;;. The third kappa shape index (κ3) is 40.8. The Labute approximate surface area is 256 Å². The molecule has 0 radical (unpaired) electrons. The predicted molar refractivity (Wildman–Crippen MR) is 159 cm³/mol. The van der Waals surface area contributed by atoms with Gasteiger partial charge in [0.2, 0.25) is 0 Å². The second-order valence-corrected chi connectivity index (χ2v) is 11.8. The molecule has 0 amide bonds. The normalized spacial score (nSPS) is 13.6. The first-order valence-electron chi connectivity index (χ1n) is 14.7. The molecule has 0 saturated carbocycles. The van der Waals surface area contributed by atoms with Gasteiger partial charge in [0, 0.05) is 6.92 Å². The number of rotatable bonds is 24. The van der Waals surface area contributed by atoms with Gasteiger partial charge in [-0.1, -0.05) is 116 Å². The number of hydrogen-bond acceptors (Lipinski definition) is 7. The molecule has 3 atom stereocenters. The van der Waals surface area contributed by atoms with Crippen LogP contribution in [0.1, 0.15) is 150 Å². The van der Waals surface area contributed by atoms with Gasteiger partial charge in [0.05, 0.1) is 0 Å². The van der Waals surface area contributed by atoms with Crippen LogP contribution in [0.3, 0.4) is 0 Å². The van der Waals surface area contributed by atoms with Crippen LogP contribution >= 0.6 is 0 Å². The van der Waals surface area contributed by atoms with E-state index < -0.39 is 40.4 Å². The fraction of sp³-hybridized carbons (Fsp3) is 0.964. The van der Waals surface area contributed by atoms with Gasteiger partial charge < -0.3 is 14.9 Å². The van der Waals surface area contributed by atoms with E-state index in [1.54, 1.807) is 13.8 Å². The van der Waals surface area contributed by atoms with E-state index in [2.05, 4.69) is 12.2 Å². The fourth-order valence-electron chi connectivity index (χ4n) is 4.27. The van der Waals surface area contributed by atoms with Gasteiger partial charge in [-0.3, -0.25) is 14.7 Å². The maximum atomic E-state index is 11.0. The SMILES string of the molecule is CC(O)NC(C)O.CCCCCCCCCCCCCCCCCCCCC(CS(=O)(=O)O)OC(C)=O.[NaH]. The Bertz CT molecular complexity index is 598. The summed E-state index contributed by atoms with van der Waals surface area (Å²) < 4.78 is 35.9. The zero-order chi connectivity index (χ0) is 28.4. The predicted octanol–water partition coefficient (Wildman–Crippen LogP) is 5.84. The summed E-state index contributed by atoms with van der Waals surface area (Å²) in [6.07, 6.45) is 21.9. The third-order valence-corrected chi connectivity index (χ3v) is 6.88. The molecule has 8 nitrogen and oxygen atoms in total. The summed E-state index contributed by atoms with van der Waals surface area (Å²) in [5.74, 6) is -1.02. The summed E-state index contributed by atoms with van der Waals surface area (Å²) in [7, 11) is -4.12. The van der Waals surface area contributed by atoms with Crippen molar-refractivity contribution in [1.29, 1.82) is 0 Å². The summed E-state index contributed by atoms with van der Waals surface area (Å²) in [4.78, 5) is 11.0. The second kappa shape index (κ2) is 30.2. The minimum absolute atomic E-state index is 0. The average Bonchev–Trinajstić information content (AvgIpc) is 2.76.